The second-order valence-corrected chi connectivity index (χ2v) is 4.27. The topological polar surface area (TPSA) is 42.2 Å². The van der Waals surface area contributed by atoms with Crippen LogP contribution in [0.4, 0.5) is 0 Å². The molecule has 0 saturated heterocycles. The molecule has 1 aromatic carbocycles. The molecule has 0 bridgehead atoms. The third-order valence-corrected chi connectivity index (χ3v) is 2.93. The molecule has 0 N–H and O–H groups in total. The largest absolute Gasteiger partial charge is 0.493 e. The molecule has 3 heteroatoms. The van der Waals surface area contributed by atoms with Crippen molar-refractivity contribution in [1.29, 1.82) is 5.26 Å². The molecule has 2 rings (SSSR count). The lowest BCUT2D eigenvalue weighted by atomic mass is 9.96. The van der Waals surface area contributed by atoms with Crippen molar-refractivity contribution in [2.75, 3.05) is 13.2 Å². The molecule has 1 aliphatic rings. The zero-order valence-electron chi connectivity index (χ0n) is 9.89. The number of hydrogen-bond acceptors (Lipinski definition) is 3. The first-order valence-electron chi connectivity index (χ1n) is 6.13. The Morgan fingerprint density at radius 2 is 2.18 bits per heavy atom. The smallest absolute Gasteiger partial charge is 0.120 e. The zero-order valence-corrected chi connectivity index (χ0v) is 9.89. The van der Waals surface area contributed by atoms with Crippen molar-refractivity contribution in [2.24, 2.45) is 0 Å². The van der Waals surface area contributed by atoms with Crippen LogP contribution in [0.15, 0.2) is 24.3 Å². The normalized spacial score (nSPS) is 15.0. The molecule has 0 amide bonds. The number of nitriles is 1. The fourth-order valence-corrected chi connectivity index (χ4v) is 1.69. The van der Waals surface area contributed by atoms with Crippen molar-refractivity contribution in [3.05, 3.63) is 29.8 Å². The summed E-state index contributed by atoms with van der Waals surface area (Å²) in [6.07, 6.45) is 5.13. The van der Waals surface area contributed by atoms with Crippen LogP contribution in [0.5, 0.6) is 5.75 Å². The molecular formula is C14H17NO2. The Morgan fingerprint density at radius 1 is 1.29 bits per heavy atom. The van der Waals surface area contributed by atoms with Crippen molar-refractivity contribution in [1.82, 2.24) is 0 Å². The van der Waals surface area contributed by atoms with Crippen LogP contribution in [-0.4, -0.2) is 19.3 Å². The van der Waals surface area contributed by atoms with Crippen LogP contribution in [0.25, 0.3) is 0 Å². The summed E-state index contributed by atoms with van der Waals surface area (Å²) in [5, 5.41) is 8.74. The Morgan fingerprint density at radius 3 is 2.88 bits per heavy atom. The Kier molecular flexibility index (Phi) is 4.40. The summed E-state index contributed by atoms with van der Waals surface area (Å²) in [6, 6.07) is 9.32. The first kappa shape index (κ1) is 11.9. The SMILES string of the molecule is N#Cc1cccc(OCCCOC2CCC2)c1. The van der Waals surface area contributed by atoms with E-state index < -0.39 is 0 Å². The molecule has 0 unspecified atom stereocenters. The summed E-state index contributed by atoms with van der Waals surface area (Å²) in [6.45, 7) is 1.41. The van der Waals surface area contributed by atoms with Crippen LogP contribution in [0.2, 0.25) is 0 Å². The van der Waals surface area contributed by atoms with E-state index >= 15 is 0 Å². The minimum absolute atomic E-state index is 0.497. The van der Waals surface area contributed by atoms with Crippen molar-refractivity contribution >= 4 is 0 Å². The van der Waals surface area contributed by atoms with Gasteiger partial charge in [0.1, 0.15) is 5.75 Å². The molecule has 0 aromatic heterocycles. The lowest BCUT2D eigenvalue weighted by Gasteiger charge is -2.25. The first-order valence-corrected chi connectivity index (χ1v) is 6.13. The molecule has 1 saturated carbocycles. The fourth-order valence-electron chi connectivity index (χ4n) is 1.69. The van der Waals surface area contributed by atoms with E-state index in [2.05, 4.69) is 6.07 Å². The maximum absolute atomic E-state index is 8.74. The molecule has 1 aliphatic carbocycles. The van der Waals surface area contributed by atoms with Gasteiger partial charge in [-0.1, -0.05) is 6.07 Å². The molecular weight excluding hydrogens is 214 g/mol. The lowest BCUT2D eigenvalue weighted by molar-refractivity contribution is -0.00223. The Hall–Kier alpha value is -1.53. The highest BCUT2D eigenvalue weighted by atomic mass is 16.5. The monoisotopic (exact) mass is 231 g/mol. The van der Waals surface area contributed by atoms with Crippen LogP contribution in [-0.2, 0) is 4.74 Å². The van der Waals surface area contributed by atoms with Crippen LogP contribution < -0.4 is 4.74 Å². The molecule has 0 atom stereocenters. The summed E-state index contributed by atoms with van der Waals surface area (Å²) in [4.78, 5) is 0. The van der Waals surface area contributed by atoms with Crippen LogP contribution >= 0.6 is 0 Å². The average Bonchev–Trinajstić information content (AvgIpc) is 2.31. The number of hydrogen-bond donors (Lipinski definition) is 0. The third-order valence-electron chi connectivity index (χ3n) is 2.93. The molecule has 0 radical (unpaired) electrons. The Balaban J connectivity index is 1.62. The average molecular weight is 231 g/mol. The quantitative estimate of drug-likeness (QED) is 0.707. The molecule has 0 aliphatic heterocycles. The van der Waals surface area contributed by atoms with Gasteiger partial charge in [-0.05, 0) is 37.5 Å². The van der Waals surface area contributed by atoms with Gasteiger partial charge in [0.2, 0.25) is 0 Å². The van der Waals surface area contributed by atoms with E-state index in [0.717, 1.165) is 18.8 Å². The zero-order chi connectivity index (χ0) is 11.9. The van der Waals surface area contributed by atoms with Gasteiger partial charge < -0.3 is 9.47 Å². The Bertz CT molecular complexity index is 393. The lowest BCUT2D eigenvalue weighted by Crippen LogP contribution is -2.22. The van der Waals surface area contributed by atoms with Gasteiger partial charge >= 0.3 is 0 Å². The van der Waals surface area contributed by atoms with Crippen molar-refractivity contribution in [3.63, 3.8) is 0 Å². The molecule has 1 aromatic rings. The van der Waals surface area contributed by atoms with Crippen molar-refractivity contribution in [2.45, 2.75) is 31.8 Å². The molecule has 1 fully saturated rings. The number of benzene rings is 1. The van der Waals surface area contributed by atoms with Gasteiger partial charge in [0, 0.05) is 6.42 Å². The summed E-state index contributed by atoms with van der Waals surface area (Å²) < 4.78 is 11.2. The first-order chi connectivity index (χ1) is 8.38. The fraction of sp³-hybridized carbons (Fsp3) is 0.500. The highest BCUT2D eigenvalue weighted by molar-refractivity contribution is 5.36. The molecule has 0 heterocycles. The van der Waals surface area contributed by atoms with E-state index in [-0.39, 0.29) is 0 Å². The molecule has 17 heavy (non-hydrogen) atoms. The van der Waals surface area contributed by atoms with E-state index in [1.807, 2.05) is 12.1 Å². The predicted molar refractivity (Wildman–Crippen MR) is 64.9 cm³/mol. The number of rotatable bonds is 6. The van der Waals surface area contributed by atoms with E-state index in [9.17, 15) is 0 Å². The maximum atomic E-state index is 8.74. The minimum Gasteiger partial charge on any atom is -0.493 e. The van der Waals surface area contributed by atoms with Gasteiger partial charge in [-0.2, -0.15) is 5.26 Å². The Labute approximate surface area is 102 Å². The van der Waals surface area contributed by atoms with E-state index in [1.54, 1.807) is 12.1 Å². The van der Waals surface area contributed by atoms with Gasteiger partial charge in [0.25, 0.3) is 0 Å². The van der Waals surface area contributed by atoms with Gasteiger partial charge in [0.05, 0.1) is 31.0 Å². The van der Waals surface area contributed by atoms with Crippen LogP contribution in [0.3, 0.4) is 0 Å². The minimum atomic E-state index is 0.497. The summed E-state index contributed by atoms with van der Waals surface area (Å²) in [7, 11) is 0. The van der Waals surface area contributed by atoms with Crippen LogP contribution in [0.1, 0.15) is 31.2 Å². The van der Waals surface area contributed by atoms with Crippen molar-refractivity contribution < 1.29 is 9.47 Å². The summed E-state index contributed by atoms with van der Waals surface area (Å²) in [5.74, 6) is 0.757. The summed E-state index contributed by atoms with van der Waals surface area (Å²) >= 11 is 0. The second-order valence-electron chi connectivity index (χ2n) is 4.27. The van der Waals surface area contributed by atoms with E-state index in [4.69, 9.17) is 14.7 Å². The van der Waals surface area contributed by atoms with E-state index in [0.29, 0.717) is 18.3 Å². The number of ether oxygens (including phenoxy) is 2. The van der Waals surface area contributed by atoms with Crippen LogP contribution in [0, 0.1) is 11.3 Å². The summed E-state index contributed by atoms with van der Waals surface area (Å²) in [5.41, 5.74) is 0.633. The molecule has 0 spiro atoms. The highest BCUT2D eigenvalue weighted by Crippen LogP contribution is 2.21. The van der Waals surface area contributed by atoms with Gasteiger partial charge in [0.15, 0.2) is 0 Å². The molecule has 90 valence electrons. The molecule has 3 nitrogen and oxygen atoms in total. The third kappa shape index (κ3) is 3.76. The maximum Gasteiger partial charge on any atom is 0.120 e. The number of nitrogens with zero attached hydrogens (tertiary/aromatic N) is 1. The standard InChI is InChI=1S/C14H17NO2/c15-11-12-4-1-7-14(10-12)17-9-3-8-16-13-5-2-6-13/h1,4,7,10,13H,2-3,5-6,8-9H2. The highest BCUT2D eigenvalue weighted by Gasteiger charge is 2.16. The van der Waals surface area contributed by atoms with Crippen molar-refractivity contribution in [3.8, 4) is 11.8 Å². The predicted octanol–water partition coefficient (Wildman–Crippen LogP) is 2.90. The van der Waals surface area contributed by atoms with Gasteiger partial charge in [-0.3, -0.25) is 0 Å². The second kappa shape index (κ2) is 6.27. The van der Waals surface area contributed by atoms with Gasteiger partial charge in [-0.25, -0.2) is 0 Å². The van der Waals surface area contributed by atoms with Gasteiger partial charge in [-0.15, -0.1) is 0 Å². The van der Waals surface area contributed by atoms with E-state index in [1.165, 1.54) is 19.3 Å².